The highest BCUT2D eigenvalue weighted by molar-refractivity contribution is 7.98. The van der Waals surface area contributed by atoms with E-state index in [0.717, 1.165) is 24.3 Å². The lowest BCUT2D eigenvalue weighted by Crippen LogP contribution is -2.33. The second-order valence-electron chi connectivity index (χ2n) is 3.63. The Morgan fingerprint density at radius 2 is 2.47 bits per heavy atom. The van der Waals surface area contributed by atoms with Crippen LogP contribution in [-0.4, -0.2) is 29.9 Å². The number of ether oxygens (including phenoxy) is 1. The Balaban J connectivity index is 2.28. The molecule has 0 radical (unpaired) electrons. The van der Waals surface area contributed by atoms with Crippen molar-refractivity contribution in [2.45, 2.75) is 31.6 Å². The number of rotatable bonds is 7. The lowest BCUT2D eigenvalue weighted by atomic mass is 10.3. The Bertz CT molecular complexity index is 355. The number of carbonyl (C=O) groups is 1. The fourth-order valence-corrected chi connectivity index (χ4v) is 3.12. The molecule has 0 aliphatic heterocycles. The van der Waals surface area contributed by atoms with Crippen molar-refractivity contribution in [3.8, 4) is 0 Å². The van der Waals surface area contributed by atoms with E-state index in [-0.39, 0.29) is 5.97 Å². The van der Waals surface area contributed by atoms with Crippen LogP contribution < -0.4 is 5.73 Å². The van der Waals surface area contributed by atoms with Gasteiger partial charge < -0.3 is 10.5 Å². The quantitative estimate of drug-likeness (QED) is 0.768. The first kappa shape index (κ1) is 14.5. The first-order valence-electron chi connectivity index (χ1n) is 5.51. The molecular weight excluding hydrogens is 256 g/mol. The molecule has 0 aliphatic carbocycles. The number of thiazole rings is 1. The summed E-state index contributed by atoms with van der Waals surface area (Å²) in [5.41, 5.74) is 6.70. The van der Waals surface area contributed by atoms with Gasteiger partial charge in [-0.15, -0.1) is 11.3 Å². The topological polar surface area (TPSA) is 65.2 Å². The van der Waals surface area contributed by atoms with Gasteiger partial charge in [0.1, 0.15) is 6.04 Å². The van der Waals surface area contributed by atoms with E-state index in [1.807, 2.05) is 0 Å². The van der Waals surface area contributed by atoms with E-state index in [1.54, 1.807) is 23.1 Å². The molecule has 0 saturated carbocycles. The summed E-state index contributed by atoms with van der Waals surface area (Å²) in [4.78, 5) is 15.6. The summed E-state index contributed by atoms with van der Waals surface area (Å²) in [6, 6.07) is -0.543. The molecule has 0 spiro atoms. The minimum atomic E-state index is -0.543. The zero-order chi connectivity index (χ0) is 12.7. The molecule has 0 saturated heterocycles. The second kappa shape index (κ2) is 7.68. The summed E-state index contributed by atoms with van der Waals surface area (Å²) in [6.45, 7) is 2.14. The predicted octanol–water partition coefficient (Wildman–Crippen LogP) is 1.83. The number of methoxy groups -OCH3 is 1. The molecule has 17 heavy (non-hydrogen) atoms. The largest absolute Gasteiger partial charge is 0.468 e. The third kappa shape index (κ3) is 5.06. The van der Waals surface area contributed by atoms with E-state index < -0.39 is 6.04 Å². The van der Waals surface area contributed by atoms with E-state index >= 15 is 0 Å². The minimum absolute atomic E-state index is 0.359. The Hall–Kier alpha value is -0.590. The number of thioether (sulfide) groups is 1. The van der Waals surface area contributed by atoms with Crippen LogP contribution in [0.5, 0.6) is 0 Å². The van der Waals surface area contributed by atoms with E-state index in [0.29, 0.717) is 5.75 Å². The van der Waals surface area contributed by atoms with Gasteiger partial charge in [-0.05, 0) is 12.8 Å². The van der Waals surface area contributed by atoms with Gasteiger partial charge >= 0.3 is 5.97 Å². The zero-order valence-electron chi connectivity index (χ0n) is 10.1. The summed E-state index contributed by atoms with van der Waals surface area (Å²) >= 11 is 3.30. The first-order valence-corrected chi connectivity index (χ1v) is 7.55. The standard InChI is InChI=1S/C11H18N2O2S2/c1-3-4-10-13-8(6-17-10)5-16-7-9(12)11(14)15-2/h6,9H,3-5,7,12H2,1-2H3. The average molecular weight is 274 g/mol. The number of nitrogens with two attached hydrogens (primary N) is 1. The van der Waals surface area contributed by atoms with Crippen LogP contribution in [0, 0.1) is 0 Å². The van der Waals surface area contributed by atoms with Gasteiger partial charge in [-0.25, -0.2) is 4.98 Å². The van der Waals surface area contributed by atoms with Crippen LogP contribution in [0.25, 0.3) is 0 Å². The van der Waals surface area contributed by atoms with Gasteiger partial charge in [0.15, 0.2) is 0 Å². The highest BCUT2D eigenvalue weighted by Crippen LogP contribution is 2.17. The van der Waals surface area contributed by atoms with Crippen LogP contribution in [0.4, 0.5) is 0 Å². The molecule has 0 aromatic carbocycles. The molecule has 0 amide bonds. The van der Waals surface area contributed by atoms with Gasteiger partial charge in [0.05, 0.1) is 17.8 Å². The van der Waals surface area contributed by atoms with Crippen molar-refractivity contribution < 1.29 is 9.53 Å². The predicted molar refractivity (Wildman–Crippen MR) is 72.3 cm³/mol. The van der Waals surface area contributed by atoms with Crippen molar-refractivity contribution in [2.75, 3.05) is 12.9 Å². The maximum absolute atomic E-state index is 11.1. The zero-order valence-corrected chi connectivity index (χ0v) is 11.8. The normalized spacial score (nSPS) is 12.4. The number of hydrogen-bond acceptors (Lipinski definition) is 6. The van der Waals surface area contributed by atoms with Crippen molar-refractivity contribution in [1.82, 2.24) is 4.98 Å². The molecule has 2 N–H and O–H groups in total. The SMILES string of the molecule is CCCc1nc(CSCC(N)C(=O)OC)cs1. The van der Waals surface area contributed by atoms with Crippen molar-refractivity contribution in [3.63, 3.8) is 0 Å². The monoisotopic (exact) mass is 274 g/mol. The molecule has 1 aromatic rings. The maximum Gasteiger partial charge on any atom is 0.323 e. The summed E-state index contributed by atoms with van der Waals surface area (Å²) in [5, 5.41) is 3.25. The number of hydrogen-bond donors (Lipinski definition) is 1. The smallest absolute Gasteiger partial charge is 0.323 e. The second-order valence-corrected chi connectivity index (χ2v) is 5.60. The first-order chi connectivity index (χ1) is 8.17. The third-order valence-electron chi connectivity index (χ3n) is 2.11. The Morgan fingerprint density at radius 1 is 1.71 bits per heavy atom. The number of aryl methyl sites for hydroxylation is 1. The van der Waals surface area contributed by atoms with Crippen LogP contribution >= 0.6 is 23.1 Å². The van der Waals surface area contributed by atoms with Crippen LogP contribution in [0.1, 0.15) is 24.0 Å². The van der Waals surface area contributed by atoms with Crippen LogP contribution in [0.2, 0.25) is 0 Å². The van der Waals surface area contributed by atoms with Gasteiger partial charge in [-0.2, -0.15) is 11.8 Å². The van der Waals surface area contributed by atoms with Gasteiger partial charge in [-0.3, -0.25) is 4.79 Å². The van der Waals surface area contributed by atoms with E-state index in [9.17, 15) is 4.79 Å². The Kier molecular flexibility index (Phi) is 6.54. The third-order valence-corrected chi connectivity index (χ3v) is 4.17. The van der Waals surface area contributed by atoms with Gasteiger partial charge in [0.25, 0.3) is 0 Å². The van der Waals surface area contributed by atoms with Crippen molar-refractivity contribution >= 4 is 29.1 Å². The van der Waals surface area contributed by atoms with E-state index in [4.69, 9.17) is 5.73 Å². The van der Waals surface area contributed by atoms with Crippen molar-refractivity contribution in [3.05, 3.63) is 16.1 Å². The molecule has 1 aromatic heterocycles. The molecule has 0 bridgehead atoms. The summed E-state index contributed by atoms with van der Waals surface area (Å²) < 4.78 is 4.56. The van der Waals surface area contributed by atoms with Crippen molar-refractivity contribution in [2.24, 2.45) is 5.73 Å². The molecule has 4 nitrogen and oxygen atoms in total. The fourth-order valence-electron chi connectivity index (χ4n) is 1.25. The molecule has 1 atom stereocenters. The number of nitrogens with zero attached hydrogens (tertiary/aromatic N) is 1. The highest BCUT2D eigenvalue weighted by atomic mass is 32.2. The number of carbonyl (C=O) groups excluding carboxylic acids is 1. The van der Waals surface area contributed by atoms with E-state index in [2.05, 4.69) is 22.0 Å². The molecule has 0 aliphatic rings. The summed E-state index contributed by atoms with van der Waals surface area (Å²) in [6.07, 6.45) is 2.16. The molecule has 1 rings (SSSR count). The van der Waals surface area contributed by atoms with Gasteiger partial charge in [0.2, 0.25) is 0 Å². The number of aromatic nitrogens is 1. The summed E-state index contributed by atoms with van der Waals surface area (Å²) in [7, 11) is 1.35. The molecule has 1 unspecified atom stereocenters. The molecular formula is C11H18N2O2S2. The van der Waals surface area contributed by atoms with Crippen molar-refractivity contribution in [1.29, 1.82) is 0 Å². The molecule has 0 fully saturated rings. The van der Waals surface area contributed by atoms with Crippen LogP contribution in [0.15, 0.2) is 5.38 Å². The fraction of sp³-hybridized carbons (Fsp3) is 0.636. The maximum atomic E-state index is 11.1. The summed E-state index contributed by atoms with van der Waals surface area (Å²) in [5.74, 6) is 1.00. The van der Waals surface area contributed by atoms with E-state index in [1.165, 1.54) is 12.1 Å². The lowest BCUT2D eigenvalue weighted by molar-refractivity contribution is -0.141. The van der Waals surface area contributed by atoms with Gasteiger partial charge in [0, 0.05) is 16.9 Å². The Morgan fingerprint density at radius 3 is 3.12 bits per heavy atom. The minimum Gasteiger partial charge on any atom is -0.468 e. The number of esters is 1. The molecule has 6 heteroatoms. The highest BCUT2D eigenvalue weighted by Gasteiger charge is 2.13. The average Bonchev–Trinajstić information content (AvgIpc) is 2.76. The van der Waals surface area contributed by atoms with Gasteiger partial charge in [-0.1, -0.05) is 6.92 Å². The van der Waals surface area contributed by atoms with Crippen LogP contribution in [-0.2, 0) is 21.7 Å². The molecule has 1 heterocycles. The molecule has 96 valence electrons. The lowest BCUT2D eigenvalue weighted by Gasteiger charge is -2.07. The Labute approximate surface area is 110 Å². The van der Waals surface area contributed by atoms with Crippen LogP contribution in [0.3, 0.4) is 0 Å².